The predicted molar refractivity (Wildman–Crippen MR) is 128 cm³/mol. The molecule has 0 aliphatic carbocycles. The Morgan fingerprint density at radius 2 is 1.94 bits per heavy atom. The number of carbonyl (C=O) groups excluding carboxylic acids is 2. The zero-order valence-corrected chi connectivity index (χ0v) is 20.7. The van der Waals surface area contributed by atoms with E-state index in [9.17, 15) is 9.59 Å². The number of ether oxygens (including phenoxy) is 1. The monoisotopic (exact) mass is 454 g/mol. The summed E-state index contributed by atoms with van der Waals surface area (Å²) in [5.74, 6) is 0.0586. The Balaban J connectivity index is 2.06. The number of hydrogen-bond donors (Lipinski definition) is 2. The number of nitrogens with one attached hydrogen (secondary N) is 2. The van der Waals surface area contributed by atoms with Crippen LogP contribution in [0.3, 0.4) is 0 Å². The molecule has 180 valence electrons. The van der Waals surface area contributed by atoms with E-state index in [4.69, 9.17) is 4.74 Å². The van der Waals surface area contributed by atoms with Crippen molar-refractivity contribution >= 4 is 11.9 Å². The summed E-state index contributed by atoms with van der Waals surface area (Å²) >= 11 is 0. The number of benzene rings is 1. The summed E-state index contributed by atoms with van der Waals surface area (Å²) in [6.45, 7) is 12.1. The summed E-state index contributed by atoms with van der Waals surface area (Å²) in [4.78, 5) is 35.5. The number of imidazole rings is 1. The standard InChI is InChI=1S/C26H38N4O3/c1-17(2)12-21(29-18(3)31)24-20(22-14-27-16-28-22)13-23(25(32)33-26(4,5)6)30(24)15-19-10-8-7-9-11-19/h7-11,14,16-17,20-21,23-24H,12-13,15H2,1-6H3,(H,27,28)(H,29,31)/t20?,21-,23?,24+/m0/s1. The highest BCUT2D eigenvalue weighted by molar-refractivity contribution is 5.77. The molecule has 2 unspecified atom stereocenters. The summed E-state index contributed by atoms with van der Waals surface area (Å²) < 4.78 is 5.85. The van der Waals surface area contributed by atoms with Crippen LogP contribution in [0.2, 0.25) is 0 Å². The van der Waals surface area contributed by atoms with Crippen LogP contribution in [-0.2, 0) is 20.9 Å². The average Bonchev–Trinajstić information content (AvgIpc) is 3.34. The molecule has 1 aromatic carbocycles. The van der Waals surface area contributed by atoms with Crippen molar-refractivity contribution in [3.8, 4) is 0 Å². The van der Waals surface area contributed by atoms with Crippen LogP contribution in [0.4, 0.5) is 0 Å². The minimum Gasteiger partial charge on any atom is -0.459 e. The molecular formula is C26H38N4O3. The maximum Gasteiger partial charge on any atom is 0.323 e. The van der Waals surface area contributed by atoms with Crippen LogP contribution in [-0.4, -0.2) is 50.5 Å². The molecule has 1 saturated heterocycles. The first-order valence-corrected chi connectivity index (χ1v) is 11.8. The molecule has 2 heterocycles. The Labute approximate surface area is 197 Å². The first-order chi connectivity index (χ1) is 15.5. The number of nitrogens with zero attached hydrogens (tertiary/aromatic N) is 2. The number of aromatic nitrogens is 2. The van der Waals surface area contributed by atoms with E-state index in [0.717, 1.165) is 17.7 Å². The molecule has 3 rings (SSSR count). The van der Waals surface area contributed by atoms with E-state index >= 15 is 0 Å². The Morgan fingerprint density at radius 3 is 2.48 bits per heavy atom. The number of H-pyrrole nitrogens is 1. The van der Waals surface area contributed by atoms with Gasteiger partial charge in [-0.15, -0.1) is 0 Å². The molecule has 1 aromatic heterocycles. The van der Waals surface area contributed by atoms with Crippen LogP contribution in [0.15, 0.2) is 42.9 Å². The van der Waals surface area contributed by atoms with Gasteiger partial charge in [0.1, 0.15) is 11.6 Å². The van der Waals surface area contributed by atoms with Gasteiger partial charge in [-0.2, -0.15) is 0 Å². The van der Waals surface area contributed by atoms with Gasteiger partial charge in [-0.05, 0) is 45.1 Å². The molecule has 1 aliphatic rings. The molecule has 1 amide bonds. The van der Waals surface area contributed by atoms with Crippen molar-refractivity contribution in [3.05, 3.63) is 54.1 Å². The number of carbonyl (C=O) groups is 2. The lowest BCUT2D eigenvalue weighted by atomic mass is 9.86. The minimum absolute atomic E-state index is 0.0203. The van der Waals surface area contributed by atoms with Gasteiger partial charge in [-0.3, -0.25) is 14.5 Å². The molecule has 0 saturated carbocycles. The summed E-state index contributed by atoms with van der Waals surface area (Å²) in [6.07, 6.45) is 4.96. The Hall–Kier alpha value is -2.67. The third-order valence-corrected chi connectivity index (χ3v) is 5.99. The molecule has 1 aliphatic heterocycles. The molecule has 1 fully saturated rings. The molecule has 7 heteroatoms. The first-order valence-electron chi connectivity index (χ1n) is 11.8. The highest BCUT2D eigenvalue weighted by Gasteiger charge is 2.50. The highest BCUT2D eigenvalue weighted by atomic mass is 16.6. The average molecular weight is 455 g/mol. The first kappa shape index (κ1) is 25.0. The second-order valence-corrected chi connectivity index (χ2v) is 10.5. The smallest absolute Gasteiger partial charge is 0.323 e. The van der Waals surface area contributed by atoms with Crippen LogP contribution in [0.5, 0.6) is 0 Å². The van der Waals surface area contributed by atoms with E-state index in [1.807, 2.05) is 45.2 Å². The van der Waals surface area contributed by atoms with E-state index < -0.39 is 11.6 Å². The van der Waals surface area contributed by atoms with E-state index in [0.29, 0.717) is 18.9 Å². The van der Waals surface area contributed by atoms with Gasteiger partial charge in [0, 0.05) is 37.7 Å². The zero-order valence-electron chi connectivity index (χ0n) is 20.7. The zero-order chi connectivity index (χ0) is 24.2. The van der Waals surface area contributed by atoms with E-state index in [1.165, 1.54) is 0 Å². The SMILES string of the molecule is CC(=O)N[C@@H](CC(C)C)[C@H]1C(c2c[nH]cn2)CC(C(=O)OC(C)(C)C)N1Cc1ccccc1. The number of hydrogen-bond acceptors (Lipinski definition) is 5. The van der Waals surface area contributed by atoms with Crippen molar-refractivity contribution in [1.29, 1.82) is 0 Å². The topological polar surface area (TPSA) is 87.3 Å². The van der Waals surface area contributed by atoms with Gasteiger partial charge in [-0.1, -0.05) is 44.2 Å². The second kappa shape index (κ2) is 10.5. The Bertz CT molecular complexity index is 905. The van der Waals surface area contributed by atoms with E-state index in [1.54, 1.807) is 13.3 Å². The Kier molecular flexibility index (Phi) is 7.95. The van der Waals surface area contributed by atoms with Crippen molar-refractivity contribution < 1.29 is 14.3 Å². The second-order valence-electron chi connectivity index (χ2n) is 10.5. The lowest BCUT2D eigenvalue weighted by Crippen LogP contribution is -2.53. The maximum atomic E-state index is 13.4. The van der Waals surface area contributed by atoms with E-state index in [-0.39, 0.29) is 29.9 Å². The molecule has 0 radical (unpaired) electrons. The fourth-order valence-corrected chi connectivity index (χ4v) is 4.90. The lowest BCUT2D eigenvalue weighted by molar-refractivity contribution is -0.161. The molecular weight excluding hydrogens is 416 g/mol. The molecule has 4 atom stereocenters. The van der Waals surface area contributed by atoms with Crippen molar-refractivity contribution in [2.75, 3.05) is 0 Å². The van der Waals surface area contributed by atoms with Crippen LogP contribution >= 0.6 is 0 Å². The van der Waals surface area contributed by atoms with Gasteiger partial charge in [-0.25, -0.2) is 4.98 Å². The van der Waals surface area contributed by atoms with Crippen LogP contribution in [0.25, 0.3) is 0 Å². The largest absolute Gasteiger partial charge is 0.459 e. The summed E-state index contributed by atoms with van der Waals surface area (Å²) in [6, 6.07) is 9.49. The van der Waals surface area contributed by atoms with Gasteiger partial charge in [0.05, 0.1) is 12.0 Å². The molecule has 0 spiro atoms. The van der Waals surface area contributed by atoms with Gasteiger partial charge < -0.3 is 15.0 Å². The number of amides is 1. The van der Waals surface area contributed by atoms with Gasteiger partial charge in [0.15, 0.2) is 0 Å². The third-order valence-electron chi connectivity index (χ3n) is 5.99. The number of rotatable bonds is 8. The third kappa shape index (κ3) is 6.67. The number of likely N-dealkylation sites (tertiary alicyclic amines) is 1. The fourth-order valence-electron chi connectivity index (χ4n) is 4.90. The normalized spacial score (nSPS) is 22.3. The van der Waals surface area contributed by atoms with Crippen LogP contribution in [0.1, 0.15) is 71.6 Å². The quantitative estimate of drug-likeness (QED) is 0.588. The van der Waals surface area contributed by atoms with Crippen molar-refractivity contribution in [1.82, 2.24) is 20.2 Å². The highest BCUT2D eigenvalue weighted by Crippen LogP contribution is 2.41. The summed E-state index contributed by atoms with van der Waals surface area (Å²) in [5, 5.41) is 3.20. The van der Waals surface area contributed by atoms with Gasteiger partial charge >= 0.3 is 5.97 Å². The molecule has 2 aromatic rings. The summed E-state index contributed by atoms with van der Waals surface area (Å²) in [7, 11) is 0. The Morgan fingerprint density at radius 1 is 1.24 bits per heavy atom. The number of aromatic amines is 1. The van der Waals surface area contributed by atoms with Crippen molar-refractivity contribution in [2.24, 2.45) is 5.92 Å². The fraction of sp³-hybridized carbons (Fsp3) is 0.577. The molecule has 2 N–H and O–H groups in total. The lowest BCUT2D eigenvalue weighted by Gasteiger charge is -2.37. The van der Waals surface area contributed by atoms with E-state index in [2.05, 4.69) is 46.2 Å². The summed E-state index contributed by atoms with van der Waals surface area (Å²) in [5.41, 5.74) is 1.44. The van der Waals surface area contributed by atoms with Crippen molar-refractivity contribution in [3.63, 3.8) is 0 Å². The molecule has 7 nitrogen and oxygen atoms in total. The molecule has 0 bridgehead atoms. The molecule has 33 heavy (non-hydrogen) atoms. The van der Waals surface area contributed by atoms with Gasteiger partial charge in [0.25, 0.3) is 0 Å². The maximum absolute atomic E-state index is 13.4. The van der Waals surface area contributed by atoms with Crippen LogP contribution < -0.4 is 5.32 Å². The minimum atomic E-state index is -0.579. The van der Waals surface area contributed by atoms with Gasteiger partial charge in [0.2, 0.25) is 5.91 Å². The van der Waals surface area contributed by atoms with Crippen molar-refractivity contribution in [2.45, 2.75) is 90.6 Å². The number of esters is 1. The predicted octanol–water partition coefficient (Wildman–Crippen LogP) is 4.03. The van der Waals surface area contributed by atoms with Crippen LogP contribution in [0, 0.1) is 5.92 Å².